The van der Waals surface area contributed by atoms with Gasteiger partial charge in [-0.2, -0.15) is 5.10 Å². The summed E-state index contributed by atoms with van der Waals surface area (Å²) >= 11 is 0. The second-order valence-electron chi connectivity index (χ2n) is 10.6. The fourth-order valence-electron chi connectivity index (χ4n) is 5.81. The number of aryl methyl sites for hydroxylation is 3. The van der Waals surface area contributed by atoms with Gasteiger partial charge in [-0.1, -0.05) is 60.7 Å². The van der Waals surface area contributed by atoms with Gasteiger partial charge in [0, 0.05) is 36.5 Å². The van der Waals surface area contributed by atoms with Crippen LogP contribution in [0.2, 0.25) is 0 Å². The summed E-state index contributed by atoms with van der Waals surface area (Å²) in [6.45, 7) is 10.0. The third-order valence-electron chi connectivity index (χ3n) is 7.99. The van der Waals surface area contributed by atoms with Gasteiger partial charge in [-0.05, 0) is 82.2 Å². The van der Waals surface area contributed by atoms with E-state index >= 15 is 0 Å². The molecule has 6 nitrogen and oxygen atoms in total. The highest BCUT2D eigenvalue weighted by atomic mass is 16.1. The highest BCUT2D eigenvalue weighted by molar-refractivity contribution is 5.80. The second kappa shape index (κ2) is 11.9. The molecule has 0 atom stereocenters. The van der Waals surface area contributed by atoms with Crippen LogP contribution < -0.4 is 5.32 Å². The first-order valence-corrected chi connectivity index (χ1v) is 13.9. The molecule has 0 radical (unpaired) electrons. The van der Waals surface area contributed by atoms with Gasteiger partial charge in [-0.15, -0.1) is 0 Å². The summed E-state index contributed by atoms with van der Waals surface area (Å²) in [6.07, 6.45) is 4.76. The van der Waals surface area contributed by atoms with Crippen molar-refractivity contribution in [2.75, 3.05) is 26.2 Å². The fraction of sp³-hybridized carbons (Fsp3) is 0.406. The molecule has 0 bridgehead atoms. The first-order valence-electron chi connectivity index (χ1n) is 13.9. The van der Waals surface area contributed by atoms with E-state index in [0.29, 0.717) is 19.4 Å². The summed E-state index contributed by atoms with van der Waals surface area (Å²) in [5.41, 5.74) is 8.62. The molecule has 5 rings (SSSR count). The summed E-state index contributed by atoms with van der Waals surface area (Å²) in [6, 6.07) is 21.1. The van der Waals surface area contributed by atoms with Gasteiger partial charge < -0.3 is 10.2 Å². The highest BCUT2D eigenvalue weighted by Crippen LogP contribution is 2.29. The molecule has 4 aromatic rings. The molecule has 1 N–H and O–H groups in total. The van der Waals surface area contributed by atoms with Crippen molar-refractivity contribution in [1.29, 1.82) is 0 Å². The molecule has 38 heavy (non-hydrogen) atoms. The van der Waals surface area contributed by atoms with Crippen LogP contribution in [-0.2, 0) is 17.6 Å². The number of nitrogens with one attached hydrogen (secondary N) is 1. The van der Waals surface area contributed by atoms with Crippen LogP contribution in [0, 0.1) is 26.7 Å². The smallest absolute Gasteiger partial charge is 0.220 e. The number of hydrogen-bond donors (Lipinski definition) is 1. The van der Waals surface area contributed by atoms with Crippen LogP contribution in [0.4, 0.5) is 0 Å². The maximum Gasteiger partial charge on any atom is 0.220 e. The molecule has 2 aromatic carbocycles. The Labute approximate surface area is 226 Å². The topological polar surface area (TPSA) is 62.5 Å². The molecule has 3 heterocycles. The lowest BCUT2D eigenvalue weighted by Crippen LogP contribution is -2.40. The molecule has 1 fully saturated rings. The number of benzene rings is 2. The number of amides is 1. The Bertz CT molecular complexity index is 1370. The quantitative estimate of drug-likeness (QED) is 0.332. The monoisotopic (exact) mass is 509 g/mol. The highest BCUT2D eigenvalue weighted by Gasteiger charge is 2.20. The Balaban J connectivity index is 1.11. The van der Waals surface area contributed by atoms with E-state index in [-0.39, 0.29) is 5.91 Å². The van der Waals surface area contributed by atoms with Crippen molar-refractivity contribution in [3.05, 3.63) is 88.9 Å². The molecule has 1 amide bonds. The minimum atomic E-state index is 0.101. The van der Waals surface area contributed by atoms with Gasteiger partial charge in [0.25, 0.3) is 0 Å². The summed E-state index contributed by atoms with van der Waals surface area (Å²) in [5, 5.41) is 7.93. The molecule has 1 saturated heterocycles. The van der Waals surface area contributed by atoms with Crippen LogP contribution in [0.15, 0.2) is 60.7 Å². The molecule has 198 valence electrons. The van der Waals surface area contributed by atoms with Gasteiger partial charge in [-0.25, -0.2) is 9.50 Å². The Hall–Kier alpha value is -3.51. The van der Waals surface area contributed by atoms with Gasteiger partial charge in [0.15, 0.2) is 5.65 Å². The predicted octanol–water partition coefficient (Wildman–Crippen LogP) is 5.33. The van der Waals surface area contributed by atoms with Crippen LogP contribution in [-0.4, -0.2) is 51.6 Å². The van der Waals surface area contributed by atoms with Gasteiger partial charge in [0.1, 0.15) is 0 Å². The van der Waals surface area contributed by atoms with E-state index in [4.69, 9.17) is 10.1 Å². The van der Waals surface area contributed by atoms with Crippen molar-refractivity contribution in [3.63, 3.8) is 0 Å². The van der Waals surface area contributed by atoms with E-state index in [1.54, 1.807) is 0 Å². The normalized spacial score (nSPS) is 14.7. The predicted molar refractivity (Wildman–Crippen MR) is 153 cm³/mol. The minimum Gasteiger partial charge on any atom is -0.355 e. The Kier molecular flexibility index (Phi) is 8.18. The number of piperidine rings is 1. The van der Waals surface area contributed by atoms with Gasteiger partial charge in [-0.3, -0.25) is 4.79 Å². The zero-order chi connectivity index (χ0) is 26.5. The third-order valence-corrected chi connectivity index (χ3v) is 7.99. The number of aromatic nitrogens is 3. The van der Waals surface area contributed by atoms with E-state index in [2.05, 4.69) is 59.6 Å². The number of rotatable bonds is 9. The molecule has 6 heteroatoms. The summed E-state index contributed by atoms with van der Waals surface area (Å²) in [5.74, 6) is 0.868. The molecule has 0 saturated carbocycles. The lowest BCUT2D eigenvalue weighted by molar-refractivity contribution is -0.121. The molecular formula is C32H39N5O. The van der Waals surface area contributed by atoms with Crippen LogP contribution in [0.1, 0.15) is 47.5 Å². The van der Waals surface area contributed by atoms with Crippen molar-refractivity contribution >= 4 is 11.6 Å². The van der Waals surface area contributed by atoms with Crippen LogP contribution in [0.5, 0.6) is 0 Å². The molecule has 0 unspecified atom stereocenters. The minimum absolute atomic E-state index is 0.101. The standard InChI is InChI=1S/C32H39N5O/c1-23-29(25(3)37-32(34-23)31(24(2)35-37)28-12-8-5-9-13-28)14-15-30(38)33-18-21-36-19-16-27(17-20-36)22-26-10-6-4-7-11-26/h4-13,27H,14-22H2,1-3H3,(H,33,38). The number of fused-ring (bicyclic) bond motifs is 1. The number of carbonyl (C=O) groups is 1. The Morgan fingerprint density at radius 2 is 1.63 bits per heavy atom. The molecule has 0 aliphatic carbocycles. The van der Waals surface area contributed by atoms with Crippen molar-refractivity contribution < 1.29 is 4.79 Å². The maximum atomic E-state index is 12.7. The molecule has 1 aliphatic rings. The molecule has 2 aromatic heterocycles. The maximum absolute atomic E-state index is 12.7. The average Bonchev–Trinajstić information content (AvgIpc) is 3.26. The summed E-state index contributed by atoms with van der Waals surface area (Å²) < 4.78 is 1.94. The SMILES string of the molecule is Cc1nc2c(-c3ccccc3)c(C)nn2c(C)c1CCC(=O)NCCN1CCC(Cc2ccccc2)CC1. The average molecular weight is 510 g/mol. The second-order valence-corrected chi connectivity index (χ2v) is 10.6. The largest absolute Gasteiger partial charge is 0.355 e. The van der Waals surface area contributed by atoms with E-state index < -0.39 is 0 Å². The third kappa shape index (κ3) is 5.97. The van der Waals surface area contributed by atoms with Crippen LogP contribution >= 0.6 is 0 Å². The Morgan fingerprint density at radius 3 is 2.34 bits per heavy atom. The van der Waals surface area contributed by atoms with E-state index in [1.165, 1.54) is 24.8 Å². The van der Waals surface area contributed by atoms with Crippen molar-refractivity contribution in [2.45, 2.75) is 52.9 Å². The Morgan fingerprint density at radius 1 is 0.947 bits per heavy atom. The lowest BCUT2D eigenvalue weighted by Gasteiger charge is -2.32. The zero-order valence-electron chi connectivity index (χ0n) is 22.9. The van der Waals surface area contributed by atoms with Crippen molar-refractivity contribution in [3.8, 4) is 11.1 Å². The molecular weight excluding hydrogens is 470 g/mol. The van der Waals surface area contributed by atoms with E-state index in [0.717, 1.165) is 65.0 Å². The van der Waals surface area contributed by atoms with E-state index in [9.17, 15) is 4.79 Å². The number of nitrogens with zero attached hydrogens (tertiary/aromatic N) is 4. The summed E-state index contributed by atoms with van der Waals surface area (Å²) in [7, 11) is 0. The molecule has 0 spiro atoms. The van der Waals surface area contributed by atoms with Crippen molar-refractivity contribution in [1.82, 2.24) is 24.8 Å². The van der Waals surface area contributed by atoms with Gasteiger partial charge in [0.2, 0.25) is 5.91 Å². The molecule has 1 aliphatic heterocycles. The number of carbonyl (C=O) groups excluding carboxylic acids is 1. The lowest BCUT2D eigenvalue weighted by atomic mass is 9.90. The number of hydrogen-bond acceptors (Lipinski definition) is 4. The van der Waals surface area contributed by atoms with Crippen molar-refractivity contribution in [2.24, 2.45) is 5.92 Å². The zero-order valence-corrected chi connectivity index (χ0v) is 22.9. The van der Waals surface area contributed by atoms with Gasteiger partial charge >= 0.3 is 0 Å². The van der Waals surface area contributed by atoms with Gasteiger partial charge in [0.05, 0.1) is 5.69 Å². The van der Waals surface area contributed by atoms with E-state index in [1.807, 2.05) is 36.6 Å². The fourth-order valence-corrected chi connectivity index (χ4v) is 5.81. The first-order chi connectivity index (χ1) is 18.5. The number of likely N-dealkylation sites (tertiary alicyclic amines) is 1. The first kappa shape index (κ1) is 26.1. The summed E-state index contributed by atoms with van der Waals surface area (Å²) in [4.78, 5) is 20.1. The van der Waals surface area contributed by atoms with Crippen LogP contribution in [0.25, 0.3) is 16.8 Å². The van der Waals surface area contributed by atoms with Crippen LogP contribution in [0.3, 0.4) is 0 Å².